The summed E-state index contributed by atoms with van der Waals surface area (Å²) in [5.41, 5.74) is -0.586. The van der Waals surface area contributed by atoms with Crippen molar-refractivity contribution in [2.75, 3.05) is 0 Å². The van der Waals surface area contributed by atoms with Crippen molar-refractivity contribution in [3.8, 4) is 0 Å². The molecule has 0 saturated heterocycles. The van der Waals surface area contributed by atoms with Crippen LogP contribution in [0.3, 0.4) is 0 Å². The van der Waals surface area contributed by atoms with Crippen molar-refractivity contribution in [1.82, 2.24) is 0 Å². The molecular weight excluding hydrogens is 124 g/mol. The van der Waals surface area contributed by atoms with Crippen molar-refractivity contribution >= 4 is 0 Å². The average Bonchev–Trinajstić information content (AvgIpc) is 2.00. The van der Waals surface area contributed by atoms with Crippen LogP contribution in [0.15, 0.2) is 12.2 Å². The van der Waals surface area contributed by atoms with Gasteiger partial charge in [0.15, 0.2) is 0 Å². The molecule has 0 unspecified atom stereocenters. The molecule has 0 rings (SSSR count). The molecule has 0 amide bonds. The molecule has 0 bridgehead atoms. The van der Waals surface area contributed by atoms with Crippen LogP contribution in [0.5, 0.6) is 0 Å². The number of rotatable bonds is 4. The summed E-state index contributed by atoms with van der Waals surface area (Å²) < 4.78 is 0. The van der Waals surface area contributed by atoms with Gasteiger partial charge in [-0.25, -0.2) is 0 Å². The summed E-state index contributed by atoms with van der Waals surface area (Å²) in [6.45, 7) is 7.63. The van der Waals surface area contributed by atoms with E-state index in [9.17, 15) is 5.11 Å². The van der Waals surface area contributed by atoms with Crippen LogP contribution in [-0.2, 0) is 0 Å². The maximum Gasteiger partial charge on any atom is 0.0822 e. The minimum Gasteiger partial charge on any atom is -0.386 e. The molecule has 0 aromatic rings. The summed E-state index contributed by atoms with van der Waals surface area (Å²) in [5, 5.41) is 9.65. The lowest BCUT2D eigenvalue weighted by Gasteiger charge is -2.19. The monoisotopic (exact) mass is 141 g/mol. The third-order valence-electron chi connectivity index (χ3n) is 1.82. The first-order valence-corrected chi connectivity index (χ1v) is 3.88. The van der Waals surface area contributed by atoms with Crippen LogP contribution >= 0.6 is 0 Å². The van der Waals surface area contributed by atoms with Gasteiger partial charge < -0.3 is 5.11 Å². The largest absolute Gasteiger partial charge is 0.386 e. The molecule has 1 N–H and O–H groups in total. The van der Waals surface area contributed by atoms with Gasteiger partial charge in [0.2, 0.25) is 0 Å². The van der Waals surface area contributed by atoms with Crippen molar-refractivity contribution in [1.29, 1.82) is 0 Å². The molecular formula is C9H17O. The molecule has 0 heterocycles. The predicted octanol–water partition coefficient (Wildman–Crippen LogP) is 2.32. The average molecular weight is 141 g/mol. The standard InChI is InChI=1S/C9H17O/c1-4-7-8-9(10,5-2)6-3/h7-8,10H,1,4-6H2,2-3H3. The quantitative estimate of drug-likeness (QED) is 0.596. The van der Waals surface area contributed by atoms with E-state index < -0.39 is 5.60 Å². The van der Waals surface area contributed by atoms with Crippen LogP contribution in [0.1, 0.15) is 33.1 Å². The Balaban J connectivity index is 3.92. The molecule has 10 heavy (non-hydrogen) atoms. The van der Waals surface area contributed by atoms with Gasteiger partial charge in [-0.15, -0.1) is 0 Å². The van der Waals surface area contributed by atoms with Crippen LogP contribution in [0.4, 0.5) is 0 Å². The number of hydrogen-bond acceptors (Lipinski definition) is 1. The minimum absolute atomic E-state index is 0.586. The first kappa shape index (κ1) is 9.70. The smallest absolute Gasteiger partial charge is 0.0822 e. The van der Waals surface area contributed by atoms with Gasteiger partial charge in [0, 0.05) is 0 Å². The zero-order valence-electron chi connectivity index (χ0n) is 6.93. The van der Waals surface area contributed by atoms with Crippen molar-refractivity contribution in [2.24, 2.45) is 0 Å². The van der Waals surface area contributed by atoms with E-state index in [1.807, 2.05) is 26.0 Å². The van der Waals surface area contributed by atoms with Gasteiger partial charge >= 0.3 is 0 Å². The fourth-order valence-electron chi connectivity index (χ4n) is 0.788. The molecule has 0 saturated carbocycles. The van der Waals surface area contributed by atoms with E-state index in [2.05, 4.69) is 6.92 Å². The maximum absolute atomic E-state index is 9.65. The van der Waals surface area contributed by atoms with Crippen LogP contribution in [-0.4, -0.2) is 10.7 Å². The summed E-state index contributed by atoms with van der Waals surface area (Å²) in [7, 11) is 0. The van der Waals surface area contributed by atoms with E-state index in [1.54, 1.807) is 0 Å². The Hall–Kier alpha value is -0.300. The maximum atomic E-state index is 9.65. The number of hydrogen-bond donors (Lipinski definition) is 1. The van der Waals surface area contributed by atoms with E-state index in [0.717, 1.165) is 19.3 Å². The molecule has 1 heteroatoms. The Labute approximate surface area is 63.8 Å². The Morgan fingerprint density at radius 2 is 1.90 bits per heavy atom. The summed E-state index contributed by atoms with van der Waals surface area (Å²) in [4.78, 5) is 0. The van der Waals surface area contributed by atoms with Crippen molar-refractivity contribution in [3.05, 3.63) is 19.1 Å². The van der Waals surface area contributed by atoms with Gasteiger partial charge in [-0.1, -0.05) is 26.0 Å². The molecule has 1 nitrogen and oxygen atoms in total. The van der Waals surface area contributed by atoms with E-state index in [0.29, 0.717) is 0 Å². The van der Waals surface area contributed by atoms with Gasteiger partial charge in [0.1, 0.15) is 0 Å². The Morgan fingerprint density at radius 3 is 2.20 bits per heavy atom. The molecule has 0 aromatic heterocycles. The molecule has 0 aliphatic rings. The van der Waals surface area contributed by atoms with Crippen molar-refractivity contribution in [2.45, 2.75) is 38.7 Å². The van der Waals surface area contributed by atoms with Crippen LogP contribution in [0.25, 0.3) is 0 Å². The number of allylic oxidation sites excluding steroid dienone is 1. The van der Waals surface area contributed by atoms with Gasteiger partial charge in [0.25, 0.3) is 0 Å². The molecule has 0 atom stereocenters. The molecule has 59 valence electrons. The Bertz CT molecular complexity index is 101. The molecule has 0 aliphatic carbocycles. The zero-order valence-corrected chi connectivity index (χ0v) is 6.93. The lowest BCUT2D eigenvalue weighted by Crippen LogP contribution is -2.22. The second-order valence-electron chi connectivity index (χ2n) is 2.50. The summed E-state index contributed by atoms with van der Waals surface area (Å²) in [6, 6.07) is 0. The first-order valence-electron chi connectivity index (χ1n) is 3.88. The molecule has 0 aliphatic heterocycles. The Kier molecular flexibility index (Phi) is 4.37. The van der Waals surface area contributed by atoms with E-state index >= 15 is 0 Å². The minimum atomic E-state index is -0.586. The molecule has 0 aromatic carbocycles. The summed E-state index contributed by atoms with van der Waals surface area (Å²) >= 11 is 0. The highest BCUT2D eigenvalue weighted by Crippen LogP contribution is 2.15. The van der Waals surface area contributed by atoms with Crippen molar-refractivity contribution < 1.29 is 5.11 Å². The van der Waals surface area contributed by atoms with Gasteiger partial charge in [-0.05, 0) is 26.2 Å². The van der Waals surface area contributed by atoms with Crippen LogP contribution in [0.2, 0.25) is 0 Å². The van der Waals surface area contributed by atoms with Gasteiger partial charge in [0.05, 0.1) is 5.60 Å². The van der Waals surface area contributed by atoms with Gasteiger partial charge in [-0.3, -0.25) is 0 Å². The molecule has 1 radical (unpaired) electrons. The summed E-state index contributed by atoms with van der Waals surface area (Å²) in [5.74, 6) is 0. The van der Waals surface area contributed by atoms with Crippen LogP contribution in [0, 0.1) is 6.92 Å². The van der Waals surface area contributed by atoms with Crippen molar-refractivity contribution in [3.63, 3.8) is 0 Å². The van der Waals surface area contributed by atoms with E-state index in [-0.39, 0.29) is 0 Å². The topological polar surface area (TPSA) is 20.2 Å². The highest BCUT2D eigenvalue weighted by Gasteiger charge is 2.16. The lowest BCUT2D eigenvalue weighted by molar-refractivity contribution is 0.0826. The highest BCUT2D eigenvalue weighted by molar-refractivity contribution is 4.99. The highest BCUT2D eigenvalue weighted by atomic mass is 16.3. The summed E-state index contributed by atoms with van der Waals surface area (Å²) in [6.07, 6.45) is 6.06. The third-order valence-corrected chi connectivity index (χ3v) is 1.82. The molecule has 0 fully saturated rings. The normalized spacial score (nSPS) is 12.8. The fraction of sp³-hybridized carbons (Fsp3) is 0.667. The zero-order chi connectivity index (χ0) is 8.04. The number of aliphatic hydroxyl groups is 1. The Morgan fingerprint density at radius 1 is 1.40 bits per heavy atom. The second-order valence-corrected chi connectivity index (χ2v) is 2.50. The molecule has 0 spiro atoms. The second kappa shape index (κ2) is 4.51. The van der Waals surface area contributed by atoms with E-state index in [1.165, 1.54) is 0 Å². The first-order chi connectivity index (χ1) is 4.68. The SMILES string of the molecule is [CH2]CC=CC(O)(CC)CC. The predicted molar refractivity (Wildman–Crippen MR) is 44.6 cm³/mol. The lowest BCUT2D eigenvalue weighted by atomic mass is 9.97. The van der Waals surface area contributed by atoms with E-state index in [4.69, 9.17) is 0 Å². The third kappa shape index (κ3) is 3.02. The van der Waals surface area contributed by atoms with Gasteiger partial charge in [-0.2, -0.15) is 0 Å². The van der Waals surface area contributed by atoms with Crippen LogP contribution < -0.4 is 0 Å². The fourth-order valence-corrected chi connectivity index (χ4v) is 0.788.